The number of hydrogen-bond donors (Lipinski definition) is 0. The van der Waals surface area contributed by atoms with Gasteiger partial charge in [-0.3, -0.25) is 0 Å². The van der Waals surface area contributed by atoms with Crippen LogP contribution < -0.4 is 4.74 Å². The van der Waals surface area contributed by atoms with Crippen molar-refractivity contribution < 1.29 is 18.7 Å². The van der Waals surface area contributed by atoms with E-state index in [1.54, 1.807) is 19.3 Å². The van der Waals surface area contributed by atoms with Crippen molar-refractivity contribution in [2.24, 2.45) is 0 Å². The monoisotopic (exact) mass is 396 g/mol. The number of carbonyl (C=O) groups excluding carboxylic acids is 1. The average molecular weight is 397 g/mol. The Bertz CT molecular complexity index is 979. The van der Waals surface area contributed by atoms with E-state index in [-0.39, 0.29) is 17.2 Å². The van der Waals surface area contributed by atoms with E-state index in [1.807, 2.05) is 54.6 Å². The van der Waals surface area contributed by atoms with Crippen LogP contribution in [0.15, 0.2) is 72.8 Å². The van der Waals surface area contributed by atoms with Crippen LogP contribution in [0.5, 0.6) is 5.75 Å². The van der Waals surface area contributed by atoms with Crippen molar-refractivity contribution in [1.29, 1.82) is 0 Å². The zero-order valence-electron chi connectivity index (χ0n) is 15.2. The van der Waals surface area contributed by atoms with Crippen LogP contribution in [0.1, 0.15) is 16.7 Å². The van der Waals surface area contributed by atoms with Gasteiger partial charge in [0.25, 0.3) is 0 Å². The second-order valence-electron chi connectivity index (χ2n) is 5.98. The predicted octanol–water partition coefficient (Wildman–Crippen LogP) is 5.77. The van der Waals surface area contributed by atoms with E-state index in [2.05, 4.69) is 0 Å². The first-order chi connectivity index (χ1) is 13.6. The highest BCUT2D eigenvalue weighted by molar-refractivity contribution is 6.31. The predicted molar refractivity (Wildman–Crippen MR) is 109 cm³/mol. The van der Waals surface area contributed by atoms with Gasteiger partial charge in [-0.2, -0.15) is 0 Å². The molecule has 0 aliphatic carbocycles. The van der Waals surface area contributed by atoms with Gasteiger partial charge in [0.2, 0.25) is 0 Å². The molecule has 0 N–H and O–H groups in total. The maximum atomic E-state index is 14.0. The number of hydrogen-bond acceptors (Lipinski definition) is 3. The average Bonchev–Trinajstić information content (AvgIpc) is 2.72. The van der Waals surface area contributed by atoms with Crippen LogP contribution in [0.3, 0.4) is 0 Å². The summed E-state index contributed by atoms with van der Waals surface area (Å²) in [6.07, 6.45) is 1.71. The number of carbonyl (C=O) groups is 1. The van der Waals surface area contributed by atoms with E-state index < -0.39 is 11.8 Å². The fourth-order valence-corrected chi connectivity index (χ4v) is 2.88. The van der Waals surface area contributed by atoms with E-state index in [1.165, 1.54) is 12.1 Å². The Morgan fingerprint density at radius 2 is 1.79 bits per heavy atom. The summed E-state index contributed by atoms with van der Waals surface area (Å²) in [4.78, 5) is 12.8. The van der Waals surface area contributed by atoms with Crippen molar-refractivity contribution in [3.8, 4) is 5.75 Å². The molecule has 3 aromatic rings. The van der Waals surface area contributed by atoms with E-state index in [0.29, 0.717) is 16.9 Å². The van der Waals surface area contributed by atoms with Gasteiger partial charge in [-0.1, -0.05) is 60.1 Å². The number of halogens is 2. The van der Waals surface area contributed by atoms with E-state index in [9.17, 15) is 9.18 Å². The van der Waals surface area contributed by atoms with Crippen LogP contribution in [0.4, 0.5) is 4.39 Å². The molecule has 0 atom stereocenters. The molecule has 0 fully saturated rings. The number of esters is 1. The van der Waals surface area contributed by atoms with Crippen molar-refractivity contribution >= 4 is 29.2 Å². The lowest BCUT2D eigenvalue weighted by atomic mass is 10.0. The minimum atomic E-state index is -0.576. The summed E-state index contributed by atoms with van der Waals surface area (Å²) in [6, 6.07) is 20.8. The van der Waals surface area contributed by atoms with Crippen molar-refractivity contribution in [1.82, 2.24) is 0 Å². The van der Waals surface area contributed by atoms with E-state index >= 15 is 0 Å². The molecule has 0 radical (unpaired) electrons. The van der Waals surface area contributed by atoms with Crippen LogP contribution in [0.2, 0.25) is 5.02 Å². The Morgan fingerprint density at radius 1 is 1.04 bits per heavy atom. The summed E-state index contributed by atoms with van der Waals surface area (Å²) in [5, 5.41) is 0.214. The first-order valence-electron chi connectivity index (χ1n) is 8.59. The second kappa shape index (κ2) is 9.20. The van der Waals surface area contributed by atoms with Gasteiger partial charge in [-0.15, -0.1) is 0 Å². The van der Waals surface area contributed by atoms with Gasteiger partial charge < -0.3 is 9.47 Å². The van der Waals surface area contributed by atoms with Crippen LogP contribution in [0, 0.1) is 5.82 Å². The Labute approximate surface area is 168 Å². The lowest BCUT2D eigenvalue weighted by Crippen LogP contribution is -2.08. The van der Waals surface area contributed by atoms with Crippen molar-refractivity contribution in [3.63, 3.8) is 0 Å². The third kappa shape index (κ3) is 4.78. The molecule has 0 bridgehead atoms. The SMILES string of the molecule is COc1cccc(C=C(C(=O)OCc2c(F)cccc2Cl)c2ccccc2)c1. The van der Waals surface area contributed by atoms with Crippen molar-refractivity contribution in [3.05, 3.63) is 100 Å². The highest BCUT2D eigenvalue weighted by atomic mass is 35.5. The Morgan fingerprint density at radius 3 is 2.50 bits per heavy atom. The second-order valence-corrected chi connectivity index (χ2v) is 6.38. The quantitative estimate of drug-likeness (QED) is 0.301. The lowest BCUT2D eigenvalue weighted by Gasteiger charge is -2.11. The normalized spacial score (nSPS) is 11.2. The maximum Gasteiger partial charge on any atom is 0.339 e. The number of benzene rings is 3. The number of rotatable bonds is 6. The van der Waals surface area contributed by atoms with Gasteiger partial charge >= 0.3 is 5.97 Å². The third-order valence-electron chi connectivity index (χ3n) is 4.12. The fraction of sp³-hybridized carbons (Fsp3) is 0.0870. The zero-order valence-corrected chi connectivity index (χ0v) is 15.9. The van der Waals surface area contributed by atoms with Crippen LogP contribution >= 0.6 is 11.6 Å². The molecule has 0 aliphatic rings. The molecular formula is C23H18ClFO3. The number of methoxy groups -OCH3 is 1. The van der Waals surface area contributed by atoms with Crippen molar-refractivity contribution in [2.45, 2.75) is 6.61 Å². The molecule has 3 aromatic carbocycles. The van der Waals surface area contributed by atoms with E-state index in [0.717, 1.165) is 5.56 Å². The summed E-state index contributed by atoms with van der Waals surface area (Å²) in [5.41, 5.74) is 1.96. The maximum absolute atomic E-state index is 14.0. The van der Waals surface area contributed by atoms with Gasteiger partial charge in [-0.05, 0) is 41.5 Å². The molecule has 3 rings (SSSR count). The molecule has 0 heterocycles. The van der Waals surface area contributed by atoms with Gasteiger partial charge in [0.1, 0.15) is 18.2 Å². The van der Waals surface area contributed by atoms with Crippen LogP contribution in [-0.4, -0.2) is 13.1 Å². The molecule has 0 amide bonds. The van der Waals surface area contributed by atoms with Crippen molar-refractivity contribution in [2.75, 3.05) is 7.11 Å². The Balaban J connectivity index is 1.90. The molecule has 0 unspecified atom stereocenters. The minimum absolute atomic E-state index is 0.145. The van der Waals surface area contributed by atoms with Crippen LogP contribution in [0.25, 0.3) is 11.6 Å². The topological polar surface area (TPSA) is 35.5 Å². The summed E-state index contributed by atoms with van der Waals surface area (Å²) < 4.78 is 24.6. The largest absolute Gasteiger partial charge is 0.497 e. The minimum Gasteiger partial charge on any atom is -0.497 e. The molecule has 3 nitrogen and oxygen atoms in total. The summed E-state index contributed by atoms with van der Waals surface area (Å²) in [6.45, 7) is -0.257. The van der Waals surface area contributed by atoms with Gasteiger partial charge in [-0.25, -0.2) is 9.18 Å². The van der Waals surface area contributed by atoms with Gasteiger partial charge in [0.15, 0.2) is 0 Å². The summed E-state index contributed by atoms with van der Waals surface area (Å²) >= 11 is 6.01. The highest BCUT2D eigenvalue weighted by Gasteiger charge is 2.16. The first-order valence-corrected chi connectivity index (χ1v) is 8.97. The zero-order chi connectivity index (χ0) is 19.9. The highest BCUT2D eigenvalue weighted by Crippen LogP contribution is 2.24. The Kier molecular flexibility index (Phi) is 6.45. The fourth-order valence-electron chi connectivity index (χ4n) is 2.66. The molecule has 5 heteroatoms. The molecule has 0 aromatic heterocycles. The van der Waals surface area contributed by atoms with Gasteiger partial charge in [0.05, 0.1) is 17.7 Å². The number of ether oxygens (including phenoxy) is 2. The molecule has 0 saturated heterocycles. The summed E-state index contributed by atoms with van der Waals surface area (Å²) in [7, 11) is 1.58. The Hall–Kier alpha value is -3.11. The lowest BCUT2D eigenvalue weighted by molar-refractivity contribution is -0.137. The molecule has 28 heavy (non-hydrogen) atoms. The molecule has 0 aliphatic heterocycles. The smallest absolute Gasteiger partial charge is 0.339 e. The summed E-state index contributed by atoms with van der Waals surface area (Å²) in [5.74, 6) is -0.417. The standard InChI is InChI=1S/C23H18ClFO3/c1-27-18-10-5-7-16(13-18)14-19(17-8-3-2-4-9-17)23(26)28-15-20-21(24)11-6-12-22(20)25/h2-14H,15H2,1H3. The van der Waals surface area contributed by atoms with Gasteiger partial charge in [0, 0.05) is 5.56 Å². The van der Waals surface area contributed by atoms with Crippen LogP contribution in [-0.2, 0) is 16.1 Å². The molecular weight excluding hydrogens is 379 g/mol. The molecule has 0 saturated carbocycles. The molecule has 0 spiro atoms. The first kappa shape index (κ1) is 19.6. The molecule has 142 valence electrons. The van der Waals surface area contributed by atoms with E-state index in [4.69, 9.17) is 21.1 Å². The third-order valence-corrected chi connectivity index (χ3v) is 4.47.